The molecule has 0 rings (SSSR count). The molecule has 4 nitrogen and oxygen atoms in total. The van der Waals surface area contributed by atoms with E-state index in [0.717, 1.165) is 0 Å². The molecule has 0 atom stereocenters. The Labute approximate surface area is 43.0 Å². The van der Waals surface area contributed by atoms with Crippen LogP contribution < -0.4 is 0 Å². The predicted octanol–water partition coefficient (Wildman–Crippen LogP) is -0.819. The lowest BCUT2D eigenvalue weighted by molar-refractivity contribution is 0.275. The molecule has 0 aliphatic carbocycles. The van der Waals surface area contributed by atoms with Crippen molar-refractivity contribution in [1.82, 2.24) is 0 Å². The SMILES string of the molecule is O=P(O)(O)O.[H+].[S-2]. The summed E-state index contributed by atoms with van der Waals surface area (Å²) in [4.78, 5) is 21.6. The first-order valence-corrected chi connectivity index (χ1v) is 2.35. The number of hydrogen-bond donors (Lipinski definition) is 3. The Morgan fingerprint density at radius 3 is 1.33 bits per heavy atom. The van der Waals surface area contributed by atoms with Gasteiger partial charge in [0.15, 0.2) is 0 Å². The largest absolute Gasteiger partial charge is 2.00 e. The van der Waals surface area contributed by atoms with Gasteiger partial charge in [0, 0.05) is 0 Å². The van der Waals surface area contributed by atoms with Crippen LogP contribution in [0.2, 0.25) is 0 Å². The van der Waals surface area contributed by atoms with E-state index in [1.807, 2.05) is 0 Å². The number of rotatable bonds is 0. The molecule has 0 unspecified atom stereocenters. The van der Waals surface area contributed by atoms with Crippen LogP contribution in [0.3, 0.4) is 0 Å². The highest BCUT2D eigenvalue weighted by Gasteiger charge is 2.00. The monoisotopic (exact) mass is 131 g/mol. The molecule has 0 fully saturated rings. The summed E-state index contributed by atoms with van der Waals surface area (Å²) in [5.74, 6) is 0. The van der Waals surface area contributed by atoms with E-state index in [9.17, 15) is 0 Å². The van der Waals surface area contributed by atoms with Crippen LogP contribution >= 0.6 is 7.82 Å². The number of phosphoric acid groups is 1. The maximum atomic E-state index is 8.88. The van der Waals surface area contributed by atoms with Gasteiger partial charge in [0.1, 0.15) is 0 Å². The van der Waals surface area contributed by atoms with Gasteiger partial charge in [-0.25, -0.2) is 4.57 Å². The summed E-state index contributed by atoms with van der Waals surface area (Å²) < 4.78 is 8.88. The highest BCUT2D eigenvalue weighted by atomic mass is 32.1. The van der Waals surface area contributed by atoms with Crippen LogP contribution in [0.1, 0.15) is 1.43 Å². The minimum absolute atomic E-state index is 0. The molecule has 40 valence electrons. The molecule has 0 saturated heterocycles. The third-order valence-electron chi connectivity index (χ3n) is 0. The topological polar surface area (TPSA) is 77.8 Å². The zero-order valence-corrected chi connectivity index (χ0v) is 4.32. The normalized spacial score (nSPS) is 9.83. The fourth-order valence-electron chi connectivity index (χ4n) is 0. The third-order valence-corrected chi connectivity index (χ3v) is 0. The second kappa shape index (κ2) is 2.60. The van der Waals surface area contributed by atoms with Gasteiger partial charge in [-0.15, -0.1) is 0 Å². The van der Waals surface area contributed by atoms with Crippen molar-refractivity contribution in [3.63, 3.8) is 0 Å². The smallest absolute Gasteiger partial charge is 1.00 e. The first-order valence-electron chi connectivity index (χ1n) is 0.783. The molecule has 6 heteroatoms. The van der Waals surface area contributed by atoms with Gasteiger partial charge in [-0.05, 0) is 0 Å². The lowest BCUT2D eigenvalue weighted by Gasteiger charge is -2.00. The van der Waals surface area contributed by atoms with E-state index < -0.39 is 7.82 Å². The van der Waals surface area contributed by atoms with E-state index in [2.05, 4.69) is 0 Å². The molecule has 3 N–H and O–H groups in total. The van der Waals surface area contributed by atoms with E-state index in [-0.39, 0.29) is 14.9 Å². The van der Waals surface area contributed by atoms with Gasteiger partial charge >= 0.3 is 9.25 Å². The fourth-order valence-corrected chi connectivity index (χ4v) is 0. The summed E-state index contributed by atoms with van der Waals surface area (Å²) in [6.07, 6.45) is 0. The Balaban J connectivity index is -0.0000000800. The van der Waals surface area contributed by atoms with Gasteiger partial charge in [0.05, 0.1) is 0 Å². The first kappa shape index (κ1) is 9.68. The molecule has 0 heterocycles. The Bertz CT molecular complexity index is 57.8. The standard InChI is InChI=1S/H3O4P.S/c1-5(2,3)4;/h(H3,1,2,3,4);/q;-2/p+1. The predicted molar refractivity (Wildman–Crippen MR) is 22.7 cm³/mol. The molecule has 6 heavy (non-hydrogen) atoms. The van der Waals surface area contributed by atoms with Crippen molar-refractivity contribution in [3.8, 4) is 0 Å². The average Bonchev–Trinajstić information content (AvgIpc) is 0.722. The lowest BCUT2D eigenvalue weighted by atomic mass is 15.8. The molecule has 0 radical (unpaired) electrons. The van der Waals surface area contributed by atoms with Gasteiger partial charge in [-0.1, -0.05) is 0 Å². The van der Waals surface area contributed by atoms with Crippen LogP contribution in [0.15, 0.2) is 0 Å². The molecule has 0 aromatic rings. The van der Waals surface area contributed by atoms with Crippen LogP contribution in [-0.2, 0) is 18.1 Å². The molecule has 0 amide bonds. The summed E-state index contributed by atoms with van der Waals surface area (Å²) in [5, 5.41) is 0. The highest BCUT2D eigenvalue weighted by molar-refractivity contribution is 7.45. The second-order valence-corrected chi connectivity index (χ2v) is 1.54. The van der Waals surface area contributed by atoms with Crippen molar-refractivity contribution in [2.75, 3.05) is 0 Å². The van der Waals surface area contributed by atoms with Crippen LogP contribution in [0.25, 0.3) is 0 Å². The maximum absolute atomic E-state index is 8.88. The Hall–Kier alpha value is 0.460. The van der Waals surface area contributed by atoms with Crippen molar-refractivity contribution >= 4 is 21.3 Å². The minimum atomic E-state index is -4.64. The lowest BCUT2D eigenvalue weighted by Crippen LogP contribution is -1.66. The molecule has 0 aromatic carbocycles. The van der Waals surface area contributed by atoms with Crippen molar-refractivity contribution < 1.29 is 20.7 Å². The van der Waals surface area contributed by atoms with Crippen molar-refractivity contribution in [2.45, 2.75) is 0 Å². The quantitative estimate of drug-likeness (QED) is 0.375. The van der Waals surface area contributed by atoms with Crippen molar-refractivity contribution in [2.24, 2.45) is 0 Å². The highest BCUT2D eigenvalue weighted by Crippen LogP contribution is 2.25. The van der Waals surface area contributed by atoms with Crippen LogP contribution in [0.5, 0.6) is 0 Å². The maximum Gasteiger partial charge on any atom is 1.00 e. The van der Waals surface area contributed by atoms with E-state index in [1.54, 1.807) is 0 Å². The summed E-state index contributed by atoms with van der Waals surface area (Å²) in [5.41, 5.74) is 0. The molecule has 0 aliphatic heterocycles. The van der Waals surface area contributed by atoms with E-state index >= 15 is 0 Å². The minimum Gasteiger partial charge on any atom is -2.00 e. The summed E-state index contributed by atoms with van der Waals surface area (Å²) in [6, 6.07) is 0. The fraction of sp³-hybridized carbons (Fsp3) is 0. The molecule has 0 spiro atoms. The van der Waals surface area contributed by atoms with Crippen LogP contribution in [0.4, 0.5) is 0 Å². The summed E-state index contributed by atoms with van der Waals surface area (Å²) in [6.45, 7) is 0. The van der Waals surface area contributed by atoms with Crippen LogP contribution in [-0.4, -0.2) is 14.7 Å². The van der Waals surface area contributed by atoms with Crippen LogP contribution in [0, 0.1) is 0 Å². The molecule has 0 saturated carbocycles. The molecular weight excluding hydrogens is 127 g/mol. The van der Waals surface area contributed by atoms with E-state index in [4.69, 9.17) is 19.2 Å². The zero-order valence-electron chi connectivity index (χ0n) is 3.61. The first-order chi connectivity index (χ1) is 2.00. The Kier molecular flexibility index (Phi) is 4.20. The zero-order chi connectivity index (χ0) is 4.50. The molecule has 0 bridgehead atoms. The van der Waals surface area contributed by atoms with Gasteiger partial charge < -0.3 is 28.2 Å². The van der Waals surface area contributed by atoms with Gasteiger partial charge in [-0.3, -0.25) is 0 Å². The van der Waals surface area contributed by atoms with Gasteiger partial charge in [-0.2, -0.15) is 0 Å². The molecule has 0 aliphatic rings. The molecular formula is H4O4PS-. The van der Waals surface area contributed by atoms with Crippen molar-refractivity contribution in [1.29, 1.82) is 0 Å². The molecule has 0 aromatic heterocycles. The van der Waals surface area contributed by atoms with Gasteiger partial charge in [0.25, 0.3) is 0 Å². The van der Waals surface area contributed by atoms with Gasteiger partial charge in [0.2, 0.25) is 0 Å². The average molecular weight is 131 g/mol. The van der Waals surface area contributed by atoms with Crippen molar-refractivity contribution in [3.05, 3.63) is 0 Å². The summed E-state index contributed by atoms with van der Waals surface area (Å²) in [7, 11) is -4.64. The third kappa shape index (κ3) is 252. The Morgan fingerprint density at radius 1 is 1.33 bits per heavy atom. The van der Waals surface area contributed by atoms with E-state index in [0.29, 0.717) is 0 Å². The summed E-state index contributed by atoms with van der Waals surface area (Å²) >= 11 is 0. The Morgan fingerprint density at radius 2 is 1.33 bits per heavy atom. The second-order valence-electron chi connectivity index (χ2n) is 0.513. The van der Waals surface area contributed by atoms with E-state index in [1.165, 1.54) is 0 Å². The number of hydrogen-bond acceptors (Lipinski definition) is 1.